The van der Waals surface area contributed by atoms with Gasteiger partial charge in [0.1, 0.15) is 0 Å². The number of amides is 2. The van der Waals surface area contributed by atoms with Crippen LogP contribution in [0.25, 0.3) is 0 Å². The van der Waals surface area contributed by atoms with E-state index in [0.29, 0.717) is 0 Å². The molecule has 0 aliphatic heterocycles. The van der Waals surface area contributed by atoms with E-state index in [9.17, 15) is 9.59 Å². The Morgan fingerprint density at radius 1 is 1.38 bits per heavy atom. The van der Waals surface area contributed by atoms with Crippen LogP contribution < -0.4 is 0 Å². The first-order valence-corrected chi connectivity index (χ1v) is 4.02. The third-order valence-electron chi connectivity index (χ3n) is 1.40. The summed E-state index contributed by atoms with van der Waals surface area (Å²) < 4.78 is 0. The molecule has 0 aromatic rings. The molecule has 0 aromatic heterocycles. The van der Waals surface area contributed by atoms with Crippen LogP contribution in [0.1, 0.15) is 0 Å². The highest BCUT2D eigenvalue weighted by Gasteiger charge is 2.19. The van der Waals surface area contributed by atoms with Crippen molar-refractivity contribution in [2.24, 2.45) is 0 Å². The maximum absolute atomic E-state index is 11.3. The molecule has 0 saturated carbocycles. The van der Waals surface area contributed by atoms with Crippen LogP contribution in [0.15, 0.2) is 12.2 Å². The number of hydrogen-bond donors (Lipinski definition) is 0. The highest BCUT2D eigenvalue weighted by atomic mass is 32.1. The fourth-order valence-corrected chi connectivity index (χ4v) is 0.718. The highest BCUT2D eigenvalue weighted by Crippen LogP contribution is 1.99. The summed E-state index contributed by atoms with van der Waals surface area (Å²) in [5.41, 5.74) is 1.07. The first kappa shape index (κ1) is 11.8. The summed E-state index contributed by atoms with van der Waals surface area (Å²) in [6.45, 7) is 3.40. The first-order valence-electron chi connectivity index (χ1n) is 3.54. The van der Waals surface area contributed by atoms with Crippen LogP contribution >= 0.6 is 12.2 Å². The Hall–Kier alpha value is -1.17. The summed E-state index contributed by atoms with van der Waals surface area (Å²) in [6.07, 6.45) is 0. The maximum atomic E-state index is 11.3. The Labute approximate surface area is 83.6 Å². The number of hydrogen-bond acceptors (Lipinski definition) is 3. The molecule has 0 aliphatic rings. The van der Waals surface area contributed by atoms with E-state index < -0.39 is 11.8 Å². The first-order chi connectivity index (χ1) is 5.91. The third-order valence-corrected chi connectivity index (χ3v) is 1.72. The van der Waals surface area contributed by atoms with Gasteiger partial charge in [0, 0.05) is 14.1 Å². The minimum Gasteiger partial charge on any atom is -0.358 e. The zero-order valence-corrected chi connectivity index (χ0v) is 8.72. The Balaban J connectivity index is 4.53. The smallest absolute Gasteiger partial charge is 0.258 e. The van der Waals surface area contributed by atoms with Crippen LogP contribution in [0.3, 0.4) is 0 Å². The minimum atomic E-state index is -0.478. The van der Waals surface area contributed by atoms with Crippen LogP contribution in [-0.2, 0) is 9.59 Å². The van der Waals surface area contributed by atoms with Gasteiger partial charge in [0.05, 0.1) is 11.1 Å². The number of likely N-dealkylation sites (N-methyl/N-ethyl adjacent to an activating group) is 1. The van der Waals surface area contributed by atoms with Crippen molar-refractivity contribution in [3.8, 4) is 0 Å². The van der Waals surface area contributed by atoms with Gasteiger partial charge in [-0.15, -0.1) is 0 Å². The molecule has 0 heterocycles. The highest BCUT2D eigenvalue weighted by molar-refractivity contribution is 7.79. The van der Waals surface area contributed by atoms with Crippen molar-refractivity contribution >= 4 is 37.5 Å². The van der Waals surface area contributed by atoms with E-state index in [1.165, 1.54) is 12.9 Å². The van der Waals surface area contributed by atoms with Crippen molar-refractivity contribution in [3.63, 3.8) is 0 Å². The van der Waals surface area contributed by atoms with Crippen molar-refractivity contribution in [1.82, 2.24) is 9.71 Å². The minimum absolute atomic E-state index is 0.0893. The molecule has 0 atom stereocenters. The van der Waals surface area contributed by atoms with E-state index in [-0.39, 0.29) is 5.57 Å². The van der Waals surface area contributed by atoms with Crippen molar-refractivity contribution in [2.75, 3.05) is 14.1 Å². The molecule has 0 saturated heterocycles. The predicted molar refractivity (Wildman–Crippen MR) is 56.9 cm³/mol. The Morgan fingerprint density at radius 3 is 2.15 bits per heavy atom. The molecule has 4 nitrogen and oxygen atoms in total. The van der Waals surface area contributed by atoms with Gasteiger partial charge in [0.15, 0.2) is 0 Å². The molecule has 0 bridgehead atoms. The van der Waals surface area contributed by atoms with E-state index in [1.807, 2.05) is 0 Å². The van der Waals surface area contributed by atoms with Gasteiger partial charge in [-0.2, -0.15) is 0 Å². The molecule has 0 aliphatic carbocycles. The zero-order chi connectivity index (χ0) is 10.6. The molecule has 0 radical (unpaired) electrons. The van der Waals surface area contributed by atoms with Crippen LogP contribution in [-0.4, -0.2) is 49.1 Å². The van der Waals surface area contributed by atoms with Gasteiger partial charge >= 0.3 is 0 Å². The van der Waals surface area contributed by atoms with E-state index >= 15 is 0 Å². The summed E-state index contributed by atoms with van der Waals surface area (Å²) in [4.78, 5) is 25.0. The molecule has 70 valence electrons. The van der Waals surface area contributed by atoms with Crippen LogP contribution in [0.5, 0.6) is 0 Å². The third kappa shape index (κ3) is 2.98. The van der Waals surface area contributed by atoms with E-state index in [0.717, 1.165) is 10.3 Å². The molecule has 0 spiro atoms. The summed E-state index contributed by atoms with van der Waals surface area (Å²) in [5, 5.41) is 0. The molecule has 0 unspecified atom stereocenters. The zero-order valence-electron chi connectivity index (χ0n) is 7.90. The van der Waals surface area contributed by atoms with Gasteiger partial charge in [-0.25, -0.2) is 0 Å². The normalized spacial score (nSPS) is 8.77. The van der Waals surface area contributed by atoms with Crippen LogP contribution in [0.2, 0.25) is 0 Å². The van der Waals surface area contributed by atoms with Gasteiger partial charge in [0.25, 0.3) is 11.8 Å². The van der Waals surface area contributed by atoms with Gasteiger partial charge in [-0.05, 0) is 0 Å². The second-order valence-electron chi connectivity index (χ2n) is 2.70. The second-order valence-corrected chi connectivity index (χ2v) is 2.91. The van der Waals surface area contributed by atoms with Gasteiger partial charge in [-0.1, -0.05) is 18.8 Å². The van der Waals surface area contributed by atoms with Crippen LogP contribution in [0.4, 0.5) is 0 Å². The predicted octanol–water partition coefficient (Wildman–Crippen LogP) is -1.04. The second kappa shape index (κ2) is 4.76. The fraction of sp³-hybridized carbons (Fsp3) is 0.286. The SMILES string of the molecule is BN(C=S)C(=O)C(=C)C(=O)N(C)C. The average molecular weight is 198 g/mol. The molecular formula is C7H11BN2O2S. The van der Waals surface area contributed by atoms with E-state index in [1.54, 1.807) is 14.1 Å². The standard InChI is InChI=1S/C7H11BN2O2S/c1-5(6(11)9(2)3)7(12)10(8)4-13/h4H,1,8H2,2-3H3. The quantitative estimate of drug-likeness (QED) is 0.191. The topological polar surface area (TPSA) is 40.6 Å². The number of nitrogens with zero attached hydrogens (tertiary/aromatic N) is 2. The lowest BCUT2D eigenvalue weighted by Gasteiger charge is -2.15. The Bertz CT molecular complexity index is 265. The maximum Gasteiger partial charge on any atom is 0.258 e. The summed E-state index contributed by atoms with van der Waals surface area (Å²) >= 11 is 4.54. The monoisotopic (exact) mass is 198 g/mol. The van der Waals surface area contributed by atoms with Crippen molar-refractivity contribution in [3.05, 3.63) is 12.2 Å². The lowest BCUT2D eigenvalue weighted by Crippen LogP contribution is -2.34. The molecule has 2 amide bonds. The van der Waals surface area contributed by atoms with Gasteiger partial charge in [-0.3, -0.25) is 9.59 Å². The number of thiocarbonyl (C=S) groups is 1. The molecule has 13 heavy (non-hydrogen) atoms. The molecule has 0 N–H and O–H groups in total. The van der Waals surface area contributed by atoms with Gasteiger partial charge in [0.2, 0.25) is 7.98 Å². The number of carbonyl (C=O) groups excluding carboxylic acids is 2. The van der Waals surface area contributed by atoms with Crippen molar-refractivity contribution in [2.45, 2.75) is 0 Å². The van der Waals surface area contributed by atoms with Crippen LogP contribution in [0, 0.1) is 0 Å². The average Bonchev–Trinajstić information content (AvgIpc) is 2.12. The fourth-order valence-electron chi connectivity index (χ4n) is 0.622. The Kier molecular flexibility index (Phi) is 4.34. The van der Waals surface area contributed by atoms with E-state index in [4.69, 9.17) is 0 Å². The molecular weight excluding hydrogens is 187 g/mol. The van der Waals surface area contributed by atoms with Crippen molar-refractivity contribution < 1.29 is 9.59 Å². The Morgan fingerprint density at radius 2 is 1.85 bits per heavy atom. The number of rotatable bonds is 3. The molecule has 0 rings (SSSR count). The molecule has 0 fully saturated rings. The lowest BCUT2D eigenvalue weighted by molar-refractivity contribution is -0.129. The van der Waals surface area contributed by atoms with E-state index in [2.05, 4.69) is 18.8 Å². The summed E-state index contributed by atoms with van der Waals surface area (Å²) in [6, 6.07) is 0. The van der Waals surface area contributed by atoms with Gasteiger partial charge < -0.3 is 9.71 Å². The lowest BCUT2D eigenvalue weighted by atomic mass is 10.2. The number of carbonyl (C=O) groups is 2. The molecule has 0 aromatic carbocycles. The largest absolute Gasteiger partial charge is 0.358 e. The van der Waals surface area contributed by atoms with Crippen molar-refractivity contribution in [1.29, 1.82) is 0 Å². The summed E-state index contributed by atoms with van der Waals surface area (Å²) in [5.74, 6) is -0.887. The summed E-state index contributed by atoms with van der Waals surface area (Å²) in [7, 11) is 4.58. The molecule has 6 heteroatoms.